The van der Waals surface area contributed by atoms with E-state index >= 15 is 0 Å². The summed E-state index contributed by atoms with van der Waals surface area (Å²) < 4.78 is 10.9. The number of methoxy groups -OCH3 is 1. The fourth-order valence-corrected chi connectivity index (χ4v) is 4.38. The number of nitrogens with zero attached hydrogens (tertiary/aromatic N) is 2. The molecule has 164 valence electrons. The Balaban J connectivity index is 1.49. The average Bonchev–Trinajstić information content (AvgIpc) is 2.81. The molecule has 2 aromatic carbocycles. The van der Waals surface area contributed by atoms with Crippen LogP contribution in [-0.4, -0.2) is 45.2 Å². The van der Waals surface area contributed by atoms with Gasteiger partial charge in [-0.3, -0.25) is 9.59 Å². The molecule has 2 heterocycles. The lowest BCUT2D eigenvalue weighted by atomic mass is 9.96. The quantitative estimate of drug-likeness (QED) is 0.772. The van der Waals surface area contributed by atoms with Crippen LogP contribution in [0.15, 0.2) is 36.4 Å². The first kappa shape index (κ1) is 21.0. The van der Waals surface area contributed by atoms with Crippen LogP contribution in [0.2, 0.25) is 0 Å². The van der Waals surface area contributed by atoms with E-state index < -0.39 is 0 Å². The second-order valence-corrected chi connectivity index (χ2v) is 7.91. The van der Waals surface area contributed by atoms with Crippen LogP contribution in [0.4, 0.5) is 11.4 Å². The smallest absolute Gasteiger partial charge is 0.251 e. The Hall–Kier alpha value is -3.22. The molecule has 0 bridgehead atoms. The van der Waals surface area contributed by atoms with E-state index in [0.717, 1.165) is 42.7 Å². The van der Waals surface area contributed by atoms with Crippen molar-refractivity contribution in [3.63, 3.8) is 0 Å². The van der Waals surface area contributed by atoms with Gasteiger partial charge in [-0.25, -0.2) is 0 Å². The molecule has 7 nitrogen and oxygen atoms in total. The van der Waals surface area contributed by atoms with E-state index in [2.05, 4.69) is 10.2 Å². The molecule has 0 aromatic heterocycles. The fourth-order valence-electron chi connectivity index (χ4n) is 4.38. The van der Waals surface area contributed by atoms with E-state index in [4.69, 9.17) is 9.47 Å². The number of carbonyl (C=O) groups is 2. The molecule has 0 unspecified atom stereocenters. The predicted octanol–water partition coefficient (Wildman–Crippen LogP) is 3.36. The summed E-state index contributed by atoms with van der Waals surface area (Å²) in [6, 6.07) is 11.1. The molecule has 4 rings (SSSR count). The Bertz CT molecular complexity index is 991. The standard InChI is InChI=1S/C24H29N3O4/c1-4-31-21-11-8-16(13-22(21)30-3)15-25-23(28)17-9-10-18-20(14-17)26(2)24(29)19-7-5-6-12-27(18)19/h8-11,13-14,19H,4-7,12,15H2,1-3H3,(H,25,28)/t19-/m1/s1. The van der Waals surface area contributed by atoms with Gasteiger partial charge in [0.1, 0.15) is 6.04 Å². The van der Waals surface area contributed by atoms with E-state index in [0.29, 0.717) is 30.2 Å². The van der Waals surface area contributed by atoms with Gasteiger partial charge in [-0.05, 0) is 62.1 Å². The number of nitrogens with one attached hydrogen (secondary N) is 1. The molecule has 1 atom stereocenters. The van der Waals surface area contributed by atoms with Crippen LogP contribution in [0.1, 0.15) is 42.1 Å². The number of piperidine rings is 1. The minimum Gasteiger partial charge on any atom is -0.493 e. The minimum absolute atomic E-state index is 0.0828. The number of rotatable bonds is 6. The third-order valence-corrected chi connectivity index (χ3v) is 6.01. The van der Waals surface area contributed by atoms with Gasteiger partial charge < -0.3 is 24.6 Å². The SMILES string of the molecule is CCOc1ccc(CNC(=O)c2ccc3c(c2)N(C)C(=O)[C@H]2CCCCN32)cc1OC. The summed E-state index contributed by atoms with van der Waals surface area (Å²) >= 11 is 0. The van der Waals surface area contributed by atoms with Gasteiger partial charge in [-0.15, -0.1) is 0 Å². The molecule has 2 aromatic rings. The summed E-state index contributed by atoms with van der Waals surface area (Å²) in [4.78, 5) is 29.5. The van der Waals surface area contributed by atoms with E-state index in [1.54, 1.807) is 19.1 Å². The third kappa shape index (κ3) is 4.04. The molecule has 1 N–H and O–H groups in total. The summed E-state index contributed by atoms with van der Waals surface area (Å²) in [6.07, 6.45) is 3.05. The lowest BCUT2D eigenvalue weighted by Gasteiger charge is -2.44. The van der Waals surface area contributed by atoms with Crippen molar-refractivity contribution < 1.29 is 19.1 Å². The van der Waals surface area contributed by atoms with Gasteiger partial charge in [0.25, 0.3) is 5.91 Å². The molecule has 2 amide bonds. The molecule has 2 aliphatic heterocycles. The maximum atomic E-state index is 12.8. The monoisotopic (exact) mass is 423 g/mol. The highest BCUT2D eigenvalue weighted by molar-refractivity contribution is 6.07. The number of hydrogen-bond acceptors (Lipinski definition) is 5. The van der Waals surface area contributed by atoms with Crippen molar-refractivity contribution in [2.45, 2.75) is 38.8 Å². The number of fused-ring (bicyclic) bond motifs is 3. The van der Waals surface area contributed by atoms with Crippen LogP contribution < -0.4 is 24.6 Å². The lowest BCUT2D eigenvalue weighted by molar-refractivity contribution is -0.120. The molecule has 0 radical (unpaired) electrons. The molecular weight excluding hydrogens is 394 g/mol. The maximum absolute atomic E-state index is 12.8. The topological polar surface area (TPSA) is 71.1 Å². The highest BCUT2D eigenvalue weighted by atomic mass is 16.5. The predicted molar refractivity (Wildman–Crippen MR) is 120 cm³/mol. The van der Waals surface area contributed by atoms with Crippen LogP contribution >= 0.6 is 0 Å². The van der Waals surface area contributed by atoms with E-state index in [1.807, 2.05) is 43.3 Å². The highest BCUT2D eigenvalue weighted by Crippen LogP contribution is 2.39. The summed E-state index contributed by atoms with van der Waals surface area (Å²) in [5.41, 5.74) is 3.26. The Kier molecular flexibility index (Phi) is 6.02. The van der Waals surface area contributed by atoms with E-state index in [9.17, 15) is 9.59 Å². The molecular formula is C24H29N3O4. The minimum atomic E-state index is -0.183. The number of amides is 2. The summed E-state index contributed by atoms with van der Waals surface area (Å²) in [5, 5.41) is 2.95. The Labute approximate surface area is 182 Å². The number of benzene rings is 2. The summed E-state index contributed by atoms with van der Waals surface area (Å²) in [7, 11) is 3.39. The van der Waals surface area contributed by atoms with Crippen LogP contribution in [0.25, 0.3) is 0 Å². The number of ether oxygens (including phenoxy) is 2. The Morgan fingerprint density at radius 1 is 1.13 bits per heavy atom. The van der Waals surface area contributed by atoms with E-state index in [-0.39, 0.29) is 17.9 Å². The zero-order valence-electron chi connectivity index (χ0n) is 18.3. The van der Waals surface area contributed by atoms with Crippen molar-refractivity contribution >= 4 is 23.2 Å². The summed E-state index contributed by atoms with van der Waals surface area (Å²) in [6.45, 7) is 3.71. The Morgan fingerprint density at radius 2 is 1.97 bits per heavy atom. The second-order valence-electron chi connectivity index (χ2n) is 7.91. The van der Waals surface area contributed by atoms with Gasteiger partial charge in [-0.2, -0.15) is 0 Å². The molecule has 2 aliphatic rings. The molecule has 0 spiro atoms. The van der Waals surface area contributed by atoms with Crippen LogP contribution in [0.5, 0.6) is 11.5 Å². The van der Waals surface area contributed by atoms with Gasteiger partial charge in [0.15, 0.2) is 11.5 Å². The van der Waals surface area contributed by atoms with Crippen molar-refractivity contribution in [1.82, 2.24) is 5.32 Å². The van der Waals surface area contributed by atoms with Gasteiger partial charge in [0, 0.05) is 25.7 Å². The molecule has 1 fully saturated rings. The maximum Gasteiger partial charge on any atom is 0.251 e. The first-order valence-corrected chi connectivity index (χ1v) is 10.8. The van der Waals surface area contributed by atoms with Gasteiger partial charge in [0.2, 0.25) is 5.91 Å². The first-order chi connectivity index (χ1) is 15.0. The average molecular weight is 424 g/mol. The molecule has 0 saturated carbocycles. The molecule has 31 heavy (non-hydrogen) atoms. The summed E-state index contributed by atoms with van der Waals surface area (Å²) in [5.74, 6) is 1.24. The zero-order chi connectivity index (χ0) is 22.0. The fraction of sp³-hybridized carbons (Fsp3) is 0.417. The number of likely N-dealkylation sites (N-methyl/N-ethyl adjacent to an activating group) is 1. The van der Waals surface area contributed by atoms with Crippen molar-refractivity contribution in [3.8, 4) is 11.5 Å². The Morgan fingerprint density at radius 3 is 2.74 bits per heavy atom. The second kappa shape index (κ2) is 8.88. The van der Waals surface area contributed by atoms with Crippen LogP contribution in [0.3, 0.4) is 0 Å². The van der Waals surface area contributed by atoms with Crippen LogP contribution in [-0.2, 0) is 11.3 Å². The largest absolute Gasteiger partial charge is 0.493 e. The van der Waals surface area contributed by atoms with Gasteiger partial charge in [0.05, 0.1) is 25.1 Å². The van der Waals surface area contributed by atoms with Crippen LogP contribution in [0, 0.1) is 0 Å². The van der Waals surface area contributed by atoms with Crippen molar-refractivity contribution in [3.05, 3.63) is 47.5 Å². The highest BCUT2D eigenvalue weighted by Gasteiger charge is 2.37. The normalized spacial score (nSPS) is 17.6. The number of hydrogen-bond donors (Lipinski definition) is 1. The lowest BCUT2D eigenvalue weighted by Crippen LogP contribution is -2.54. The van der Waals surface area contributed by atoms with Crippen molar-refractivity contribution in [1.29, 1.82) is 0 Å². The van der Waals surface area contributed by atoms with Gasteiger partial charge >= 0.3 is 0 Å². The molecule has 1 saturated heterocycles. The number of carbonyl (C=O) groups excluding carboxylic acids is 2. The molecule has 0 aliphatic carbocycles. The van der Waals surface area contributed by atoms with Crippen molar-refractivity contribution in [2.75, 3.05) is 37.1 Å². The third-order valence-electron chi connectivity index (χ3n) is 6.01. The zero-order valence-corrected chi connectivity index (χ0v) is 18.3. The molecule has 7 heteroatoms. The number of anilines is 2. The first-order valence-electron chi connectivity index (χ1n) is 10.8. The van der Waals surface area contributed by atoms with E-state index in [1.165, 1.54) is 0 Å². The van der Waals surface area contributed by atoms with Crippen molar-refractivity contribution in [2.24, 2.45) is 0 Å². The van der Waals surface area contributed by atoms with Gasteiger partial charge in [-0.1, -0.05) is 6.07 Å².